The monoisotopic (exact) mass is 400 g/mol. The quantitative estimate of drug-likeness (QED) is 0.597. The SMILES string of the molecule is C[C@@H](OC(=O)c1ccc(OCc2ccccc2)cc1)C(=O)Nc1ccccc1C#N. The van der Waals surface area contributed by atoms with Gasteiger partial charge in [-0.15, -0.1) is 0 Å². The van der Waals surface area contributed by atoms with Crippen molar-refractivity contribution in [2.24, 2.45) is 0 Å². The number of anilines is 1. The number of nitrogens with zero attached hydrogens (tertiary/aromatic N) is 1. The molecule has 3 aromatic rings. The lowest BCUT2D eigenvalue weighted by Crippen LogP contribution is -2.30. The van der Waals surface area contributed by atoms with E-state index in [1.54, 1.807) is 48.5 Å². The molecule has 0 aliphatic rings. The number of benzene rings is 3. The van der Waals surface area contributed by atoms with E-state index < -0.39 is 18.0 Å². The Balaban J connectivity index is 1.54. The van der Waals surface area contributed by atoms with E-state index in [1.807, 2.05) is 36.4 Å². The van der Waals surface area contributed by atoms with Crippen LogP contribution in [0.3, 0.4) is 0 Å². The largest absolute Gasteiger partial charge is 0.489 e. The lowest BCUT2D eigenvalue weighted by molar-refractivity contribution is -0.123. The molecule has 0 spiro atoms. The third-order valence-electron chi connectivity index (χ3n) is 4.30. The minimum absolute atomic E-state index is 0.305. The molecule has 3 aromatic carbocycles. The lowest BCUT2D eigenvalue weighted by Gasteiger charge is -2.14. The molecule has 0 fully saturated rings. The molecule has 3 rings (SSSR count). The average Bonchev–Trinajstić information content (AvgIpc) is 2.79. The zero-order chi connectivity index (χ0) is 21.3. The number of amides is 1. The van der Waals surface area contributed by atoms with Crippen LogP contribution in [0.15, 0.2) is 78.9 Å². The molecular weight excluding hydrogens is 380 g/mol. The fraction of sp³-hybridized carbons (Fsp3) is 0.125. The van der Waals surface area contributed by atoms with E-state index in [-0.39, 0.29) is 0 Å². The van der Waals surface area contributed by atoms with Crippen LogP contribution in [0.25, 0.3) is 0 Å². The summed E-state index contributed by atoms with van der Waals surface area (Å²) >= 11 is 0. The second-order valence-electron chi connectivity index (χ2n) is 6.49. The maximum absolute atomic E-state index is 12.3. The van der Waals surface area contributed by atoms with E-state index in [9.17, 15) is 9.59 Å². The highest BCUT2D eigenvalue weighted by Crippen LogP contribution is 2.17. The van der Waals surface area contributed by atoms with Gasteiger partial charge in [0.15, 0.2) is 6.10 Å². The van der Waals surface area contributed by atoms with Crippen molar-refractivity contribution in [1.29, 1.82) is 5.26 Å². The molecule has 150 valence electrons. The van der Waals surface area contributed by atoms with Gasteiger partial charge in [-0.3, -0.25) is 4.79 Å². The third-order valence-corrected chi connectivity index (χ3v) is 4.30. The summed E-state index contributed by atoms with van der Waals surface area (Å²) < 4.78 is 10.9. The normalized spacial score (nSPS) is 11.1. The number of hydrogen-bond donors (Lipinski definition) is 1. The van der Waals surface area contributed by atoms with Gasteiger partial charge in [0.1, 0.15) is 18.4 Å². The molecule has 0 aliphatic carbocycles. The summed E-state index contributed by atoms with van der Waals surface area (Å²) in [5, 5.41) is 11.7. The van der Waals surface area contributed by atoms with Crippen molar-refractivity contribution in [3.05, 3.63) is 95.6 Å². The minimum Gasteiger partial charge on any atom is -0.489 e. The van der Waals surface area contributed by atoms with Gasteiger partial charge in [0.25, 0.3) is 5.91 Å². The standard InChI is InChI=1S/C24H20N2O4/c1-17(23(27)26-22-10-6-5-9-20(22)15-25)30-24(28)19-11-13-21(14-12-19)29-16-18-7-3-2-4-8-18/h2-14,17H,16H2,1H3,(H,26,27)/t17-/m1/s1. The predicted octanol–water partition coefficient (Wildman–Crippen LogP) is 4.32. The molecule has 1 atom stereocenters. The Kier molecular flexibility index (Phi) is 6.80. The number of hydrogen-bond acceptors (Lipinski definition) is 5. The van der Waals surface area contributed by atoms with Crippen LogP contribution >= 0.6 is 0 Å². The van der Waals surface area contributed by atoms with Crippen LogP contribution in [-0.2, 0) is 16.1 Å². The van der Waals surface area contributed by atoms with E-state index in [1.165, 1.54) is 6.92 Å². The number of nitrogens with one attached hydrogen (secondary N) is 1. The van der Waals surface area contributed by atoms with Gasteiger partial charge < -0.3 is 14.8 Å². The lowest BCUT2D eigenvalue weighted by atomic mass is 10.2. The molecule has 0 radical (unpaired) electrons. The smallest absolute Gasteiger partial charge is 0.338 e. The zero-order valence-corrected chi connectivity index (χ0v) is 16.4. The highest BCUT2D eigenvalue weighted by Gasteiger charge is 2.20. The van der Waals surface area contributed by atoms with Crippen molar-refractivity contribution in [3.63, 3.8) is 0 Å². The Hall–Kier alpha value is -4.11. The van der Waals surface area contributed by atoms with Gasteiger partial charge in [-0.25, -0.2) is 4.79 Å². The van der Waals surface area contributed by atoms with Crippen LogP contribution < -0.4 is 10.1 Å². The Morgan fingerprint density at radius 1 is 0.967 bits per heavy atom. The first-order valence-corrected chi connectivity index (χ1v) is 9.34. The summed E-state index contributed by atoms with van der Waals surface area (Å²) in [7, 11) is 0. The van der Waals surface area contributed by atoms with Crippen molar-refractivity contribution >= 4 is 17.6 Å². The summed E-state index contributed by atoms with van der Waals surface area (Å²) in [6.45, 7) is 1.89. The van der Waals surface area contributed by atoms with Crippen molar-refractivity contribution in [2.45, 2.75) is 19.6 Å². The molecule has 0 aromatic heterocycles. The zero-order valence-electron chi connectivity index (χ0n) is 16.4. The first-order valence-electron chi connectivity index (χ1n) is 9.34. The molecule has 1 amide bonds. The van der Waals surface area contributed by atoms with Gasteiger partial charge in [0.2, 0.25) is 0 Å². The van der Waals surface area contributed by atoms with E-state index in [0.29, 0.717) is 29.2 Å². The fourth-order valence-corrected chi connectivity index (χ4v) is 2.63. The minimum atomic E-state index is -1.03. The molecule has 30 heavy (non-hydrogen) atoms. The Morgan fingerprint density at radius 3 is 2.33 bits per heavy atom. The summed E-state index contributed by atoms with van der Waals surface area (Å²) in [5.74, 6) is -0.524. The van der Waals surface area contributed by atoms with Gasteiger partial charge >= 0.3 is 5.97 Å². The second-order valence-corrected chi connectivity index (χ2v) is 6.49. The predicted molar refractivity (Wildman–Crippen MR) is 112 cm³/mol. The van der Waals surface area contributed by atoms with Gasteiger partial charge in [0, 0.05) is 0 Å². The number of carbonyl (C=O) groups excluding carboxylic acids is 2. The summed E-state index contributed by atoms with van der Waals surface area (Å²) in [5.41, 5.74) is 2.04. The molecule has 0 saturated heterocycles. The average molecular weight is 400 g/mol. The molecule has 1 N–H and O–H groups in total. The van der Waals surface area contributed by atoms with Crippen LogP contribution in [0.2, 0.25) is 0 Å². The summed E-state index contributed by atoms with van der Waals surface area (Å²) in [4.78, 5) is 24.6. The van der Waals surface area contributed by atoms with Crippen LogP contribution in [-0.4, -0.2) is 18.0 Å². The van der Waals surface area contributed by atoms with Crippen LogP contribution in [0, 0.1) is 11.3 Å². The van der Waals surface area contributed by atoms with Crippen LogP contribution in [0.1, 0.15) is 28.4 Å². The Morgan fingerprint density at radius 2 is 1.63 bits per heavy atom. The topological polar surface area (TPSA) is 88.4 Å². The van der Waals surface area contributed by atoms with Crippen molar-refractivity contribution in [2.75, 3.05) is 5.32 Å². The number of esters is 1. The highest BCUT2D eigenvalue weighted by atomic mass is 16.5. The van der Waals surface area contributed by atoms with Gasteiger partial charge in [-0.2, -0.15) is 5.26 Å². The number of rotatable bonds is 7. The third kappa shape index (κ3) is 5.46. The second kappa shape index (κ2) is 9.89. The summed E-state index contributed by atoms with van der Waals surface area (Å²) in [6, 6.07) is 24.9. The number of nitriles is 1. The highest BCUT2D eigenvalue weighted by molar-refractivity contribution is 5.98. The fourth-order valence-electron chi connectivity index (χ4n) is 2.63. The van der Waals surface area contributed by atoms with E-state index in [0.717, 1.165) is 5.56 Å². The van der Waals surface area contributed by atoms with Crippen molar-refractivity contribution < 1.29 is 19.1 Å². The van der Waals surface area contributed by atoms with Gasteiger partial charge in [-0.05, 0) is 48.9 Å². The maximum atomic E-state index is 12.3. The molecular formula is C24H20N2O4. The molecule has 0 bridgehead atoms. The number of ether oxygens (including phenoxy) is 2. The molecule has 0 saturated carbocycles. The molecule has 0 heterocycles. The summed E-state index contributed by atoms with van der Waals surface area (Å²) in [6.07, 6.45) is -1.03. The van der Waals surface area contributed by atoms with Gasteiger partial charge in [-0.1, -0.05) is 42.5 Å². The number of para-hydroxylation sites is 1. The first-order chi connectivity index (χ1) is 14.6. The molecule has 0 unspecified atom stereocenters. The Labute approximate surface area is 174 Å². The van der Waals surface area contributed by atoms with Crippen molar-refractivity contribution in [3.8, 4) is 11.8 Å². The maximum Gasteiger partial charge on any atom is 0.338 e. The first kappa shape index (κ1) is 20.6. The van der Waals surface area contributed by atoms with E-state index in [4.69, 9.17) is 14.7 Å². The van der Waals surface area contributed by atoms with Gasteiger partial charge in [0.05, 0.1) is 16.8 Å². The van der Waals surface area contributed by atoms with Crippen LogP contribution in [0.4, 0.5) is 5.69 Å². The van der Waals surface area contributed by atoms with Crippen molar-refractivity contribution in [1.82, 2.24) is 0 Å². The van der Waals surface area contributed by atoms with E-state index >= 15 is 0 Å². The van der Waals surface area contributed by atoms with E-state index in [2.05, 4.69) is 5.32 Å². The molecule has 0 aliphatic heterocycles. The van der Waals surface area contributed by atoms with Crippen LogP contribution in [0.5, 0.6) is 5.75 Å². The molecule has 6 heteroatoms. The number of carbonyl (C=O) groups is 2. The molecule has 6 nitrogen and oxygen atoms in total. The Bertz CT molecular complexity index is 1060.